The number of fused-ring (bicyclic) bond motifs is 1. The van der Waals surface area contributed by atoms with E-state index in [1.807, 2.05) is 13.0 Å². The number of rotatable bonds is 9. The summed E-state index contributed by atoms with van der Waals surface area (Å²) in [7, 11) is -1.20. The second-order valence-corrected chi connectivity index (χ2v) is 6.13. The molecule has 1 aromatic rings. The maximum Gasteiger partial charge on any atom is 0.526 e. The van der Waals surface area contributed by atoms with Gasteiger partial charge in [0, 0.05) is 25.1 Å². The summed E-state index contributed by atoms with van der Waals surface area (Å²) >= 11 is 0. The Morgan fingerprint density at radius 1 is 1.46 bits per heavy atom. The molecular formula is C18H22BNO6. The van der Waals surface area contributed by atoms with Crippen LogP contribution < -0.4 is 4.65 Å². The lowest BCUT2D eigenvalue weighted by atomic mass is 9.64. The van der Waals surface area contributed by atoms with Crippen molar-refractivity contribution in [1.29, 1.82) is 5.26 Å². The Morgan fingerprint density at radius 2 is 2.27 bits per heavy atom. The van der Waals surface area contributed by atoms with Crippen LogP contribution in [0.1, 0.15) is 48.5 Å². The van der Waals surface area contributed by atoms with Crippen LogP contribution in [-0.4, -0.2) is 37.3 Å². The Hall–Kier alpha value is -2.37. The quantitative estimate of drug-likeness (QED) is 0.312. The highest BCUT2D eigenvalue weighted by Gasteiger charge is 2.37. The lowest BCUT2D eigenvalue weighted by Crippen LogP contribution is -2.36. The maximum atomic E-state index is 12.2. The third-order valence-electron chi connectivity index (χ3n) is 4.07. The fourth-order valence-corrected chi connectivity index (χ4v) is 2.78. The first kappa shape index (κ1) is 20.0. The van der Waals surface area contributed by atoms with Gasteiger partial charge < -0.3 is 19.2 Å². The molecule has 0 unspecified atom stereocenters. The van der Waals surface area contributed by atoms with E-state index in [1.54, 1.807) is 18.2 Å². The van der Waals surface area contributed by atoms with E-state index in [4.69, 9.17) is 19.4 Å². The molecule has 1 atom stereocenters. The van der Waals surface area contributed by atoms with E-state index in [2.05, 4.69) is 0 Å². The van der Waals surface area contributed by atoms with Crippen molar-refractivity contribution in [2.75, 3.05) is 13.4 Å². The van der Waals surface area contributed by atoms with Gasteiger partial charge >= 0.3 is 13.1 Å². The number of carbonyl (C=O) groups is 2. The zero-order valence-corrected chi connectivity index (χ0v) is 14.8. The van der Waals surface area contributed by atoms with Crippen molar-refractivity contribution in [1.82, 2.24) is 0 Å². The van der Waals surface area contributed by atoms with E-state index >= 15 is 0 Å². The van der Waals surface area contributed by atoms with Crippen molar-refractivity contribution in [3.05, 3.63) is 29.3 Å². The molecule has 0 aliphatic carbocycles. The number of para-hydroxylation sites is 1. The molecular weight excluding hydrogens is 337 g/mol. The van der Waals surface area contributed by atoms with Crippen LogP contribution in [-0.2, 0) is 20.7 Å². The second kappa shape index (κ2) is 9.95. The number of carbonyl (C=O) groups excluding carboxylic acids is 2. The van der Waals surface area contributed by atoms with Crippen LogP contribution in [0.4, 0.5) is 0 Å². The minimum absolute atomic E-state index is 0.0914. The summed E-state index contributed by atoms with van der Waals surface area (Å²) in [5.74, 6) is -0.811. The highest BCUT2D eigenvalue weighted by atomic mass is 16.7. The monoisotopic (exact) mass is 359 g/mol. The number of Topliss-reactive ketones (excluding diaryl/α,β-unsaturated/α-hetero) is 1. The van der Waals surface area contributed by atoms with E-state index in [0.717, 1.165) is 12.0 Å². The Kier molecular flexibility index (Phi) is 7.63. The van der Waals surface area contributed by atoms with E-state index in [1.165, 1.54) is 0 Å². The Labute approximate surface area is 153 Å². The molecule has 8 heteroatoms. The summed E-state index contributed by atoms with van der Waals surface area (Å²) in [5.41, 5.74) is 0.952. The third-order valence-corrected chi connectivity index (χ3v) is 4.07. The summed E-state index contributed by atoms with van der Waals surface area (Å²) in [6.45, 7) is 2.30. The van der Waals surface area contributed by atoms with Crippen molar-refractivity contribution >= 4 is 18.9 Å². The predicted molar refractivity (Wildman–Crippen MR) is 93.5 cm³/mol. The van der Waals surface area contributed by atoms with Gasteiger partial charge in [0.2, 0.25) is 0 Å². The molecule has 1 aliphatic rings. The van der Waals surface area contributed by atoms with Gasteiger partial charge in [-0.2, -0.15) is 5.26 Å². The zero-order chi connectivity index (χ0) is 18.9. The van der Waals surface area contributed by atoms with Crippen LogP contribution in [0.25, 0.3) is 0 Å². The maximum absolute atomic E-state index is 12.2. The van der Waals surface area contributed by atoms with Gasteiger partial charge in [-0.3, -0.25) is 4.79 Å². The lowest BCUT2D eigenvalue weighted by molar-refractivity contribution is -0.119. The van der Waals surface area contributed by atoms with Gasteiger partial charge in [0.25, 0.3) is 0 Å². The number of hydrogen-bond acceptors (Lipinski definition) is 7. The molecule has 0 radical (unpaired) electrons. The smallest absolute Gasteiger partial charge is 0.526 e. The molecule has 0 saturated carbocycles. The molecule has 0 saturated heterocycles. The van der Waals surface area contributed by atoms with Gasteiger partial charge in [0.05, 0.1) is 12.7 Å². The second-order valence-electron chi connectivity index (χ2n) is 6.13. The number of ether oxygens (including phenoxy) is 2. The van der Waals surface area contributed by atoms with E-state index < -0.39 is 18.9 Å². The fourth-order valence-electron chi connectivity index (χ4n) is 2.78. The summed E-state index contributed by atoms with van der Waals surface area (Å²) < 4.78 is 15.7. The normalized spacial score (nSPS) is 15.6. The van der Waals surface area contributed by atoms with Crippen LogP contribution in [0.2, 0.25) is 5.82 Å². The van der Waals surface area contributed by atoms with Crippen molar-refractivity contribution < 1.29 is 28.7 Å². The van der Waals surface area contributed by atoms with E-state index in [9.17, 15) is 14.6 Å². The van der Waals surface area contributed by atoms with Crippen LogP contribution in [0.15, 0.2) is 18.2 Å². The first-order valence-corrected chi connectivity index (χ1v) is 8.67. The summed E-state index contributed by atoms with van der Waals surface area (Å²) in [6, 6.07) is 6.99. The van der Waals surface area contributed by atoms with Crippen LogP contribution in [0.3, 0.4) is 0 Å². The van der Waals surface area contributed by atoms with Gasteiger partial charge in [-0.15, -0.1) is 0 Å². The first-order chi connectivity index (χ1) is 12.6. The van der Waals surface area contributed by atoms with E-state index in [-0.39, 0.29) is 43.2 Å². The number of nitrogens with zero attached hydrogens (tertiary/aromatic N) is 1. The van der Waals surface area contributed by atoms with Gasteiger partial charge in [-0.1, -0.05) is 19.1 Å². The van der Waals surface area contributed by atoms with Gasteiger partial charge in [0.15, 0.2) is 6.79 Å². The van der Waals surface area contributed by atoms with Crippen LogP contribution in [0, 0.1) is 11.3 Å². The predicted octanol–water partition coefficient (Wildman–Crippen LogP) is 2.28. The largest absolute Gasteiger partial charge is 0.535 e. The Bertz CT molecular complexity index is 687. The third kappa shape index (κ3) is 5.31. The van der Waals surface area contributed by atoms with Crippen LogP contribution >= 0.6 is 0 Å². The van der Waals surface area contributed by atoms with Crippen molar-refractivity contribution in [2.24, 2.45) is 0 Å². The standard InChI is InChI=1S/C18H22BNO6/c1-2-9-24-12-25-18(22)16-7-3-5-13-10-14(19(23)26-17(13)16)11-15(21)6-4-8-20/h3,5,7,14,23H,2,4,6,9-12H2,1H3/t14-/m1/s1. The number of hydrogen-bond donors (Lipinski definition) is 1. The highest BCUT2D eigenvalue weighted by Crippen LogP contribution is 2.36. The number of ketones is 1. The molecule has 2 rings (SSSR count). The number of benzene rings is 1. The van der Waals surface area contributed by atoms with Gasteiger partial charge in [-0.05, 0) is 24.5 Å². The molecule has 26 heavy (non-hydrogen) atoms. The molecule has 0 spiro atoms. The average Bonchev–Trinajstić information content (AvgIpc) is 2.63. The topological polar surface area (TPSA) is 106 Å². The average molecular weight is 359 g/mol. The lowest BCUT2D eigenvalue weighted by Gasteiger charge is -2.28. The molecule has 1 aliphatic heterocycles. The van der Waals surface area contributed by atoms with Crippen LogP contribution in [0.5, 0.6) is 5.75 Å². The summed E-state index contributed by atoms with van der Waals surface area (Å²) in [6.07, 6.45) is 1.68. The summed E-state index contributed by atoms with van der Waals surface area (Å²) in [4.78, 5) is 24.1. The van der Waals surface area contributed by atoms with Crippen molar-refractivity contribution in [3.63, 3.8) is 0 Å². The van der Waals surface area contributed by atoms with Gasteiger partial charge in [0.1, 0.15) is 17.1 Å². The number of nitriles is 1. The van der Waals surface area contributed by atoms with E-state index in [0.29, 0.717) is 13.0 Å². The molecule has 7 nitrogen and oxygen atoms in total. The molecule has 0 fully saturated rings. The molecule has 0 amide bonds. The molecule has 1 N–H and O–H groups in total. The molecule has 0 bridgehead atoms. The molecule has 138 valence electrons. The van der Waals surface area contributed by atoms with Gasteiger partial charge in [-0.25, -0.2) is 4.79 Å². The van der Waals surface area contributed by atoms with Crippen molar-refractivity contribution in [3.8, 4) is 11.8 Å². The SMILES string of the molecule is CCCOCOC(=O)c1cccc2c1OB(O)[C@@H](CC(=O)CCC#N)C2. The van der Waals surface area contributed by atoms with Crippen molar-refractivity contribution in [2.45, 2.75) is 44.8 Å². The first-order valence-electron chi connectivity index (χ1n) is 8.67. The highest BCUT2D eigenvalue weighted by molar-refractivity contribution is 6.47. The minimum atomic E-state index is -1.20. The Morgan fingerprint density at radius 3 is 3.00 bits per heavy atom. The minimum Gasteiger partial charge on any atom is -0.535 e. The Balaban J connectivity index is 2.04. The molecule has 1 heterocycles. The molecule has 1 aromatic carbocycles. The number of esters is 1. The zero-order valence-electron chi connectivity index (χ0n) is 14.8. The fraction of sp³-hybridized carbons (Fsp3) is 0.500. The molecule has 0 aromatic heterocycles. The summed E-state index contributed by atoms with van der Waals surface area (Å²) in [5, 5.41) is 18.8.